The van der Waals surface area contributed by atoms with Gasteiger partial charge in [0.25, 0.3) is 0 Å². The molecular weight excluding hydrogens is 336 g/mol. The van der Waals surface area contributed by atoms with E-state index in [0.717, 1.165) is 47.1 Å². The molecule has 2 bridgehead atoms. The molecule has 2 aliphatic carbocycles. The van der Waals surface area contributed by atoms with Gasteiger partial charge in [-0.2, -0.15) is 0 Å². The van der Waals surface area contributed by atoms with Crippen molar-refractivity contribution in [2.45, 2.75) is 32.1 Å². The second kappa shape index (κ2) is 5.81. The molecule has 4 heteroatoms. The van der Waals surface area contributed by atoms with E-state index in [-0.39, 0.29) is 23.6 Å². The van der Waals surface area contributed by atoms with E-state index in [1.807, 2.05) is 18.2 Å². The summed E-state index contributed by atoms with van der Waals surface area (Å²) in [6, 6.07) is 12.3. The molecule has 2 aliphatic rings. The van der Waals surface area contributed by atoms with Crippen LogP contribution >= 0.6 is 0 Å². The maximum absolute atomic E-state index is 11.0. The second-order valence-corrected chi connectivity index (χ2v) is 7.47. The zero-order valence-electron chi connectivity index (χ0n) is 15.7. The molecule has 2 aromatic carbocycles. The fraction of sp³-hybridized carbons (Fsp3) is 0.304. The minimum atomic E-state index is 0.181. The van der Waals surface area contributed by atoms with Crippen LogP contribution in [0.25, 0.3) is 16.5 Å². The Kier molecular flexibility index (Phi) is 3.51. The summed E-state index contributed by atoms with van der Waals surface area (Å²) in [6.45, 7) is 6.18. The van der Waals surface area contributed by atoms with Gasteiger partial charge in [-0.15, -0.1) is 0 Å². The van der Waals surface area contributed by atoms with E-state index < -0.39 is 0 Å². The standard InChI is InChI=1S/C23H24N2O2/c1-3-24(4-2)18-11-12-19(17-8-6-5-7-16(17)18)25-22(26)20-14-9-10-15(13-14)21(20)23(25)27/h5-12,14-15,26-27H,3-4,13H2,1-2H3/t14-,15+. The topological polar surface area (TPSA) is 48.6 Å². The van der Waals surface area contributed by atoms with Crippen molar-refractivity contribution in [3.8, 4) is 17.4 Å². The number of aromatic nitrogens is 1. The van der Waals surface area contributed by atoms with E-state index in [0.29, 0.717) is 0 Å². The fourth-order valence-electron chi connectivity index (χ4n) is 4.97. The Labute approximate surface area is 159 Å². The minimum Gasteiger partial charge on any atom is -0.494 e. The zero-order chi connectivity index (χ0) is 18.7. The van der Waals surface area contributed by atoms with Crippen LogP contribution < -0.4 is 4.90 Å². The van der Waals surface area contributed by atoms with E-state index in [1.54, 1.807) is 4.57 Å². The summed E-state index contributed by atoms with van der Waals surface area (Å²) in [4.78, 5) is 2.33. The zero-order valence-corrected chi connectivity index (χ0v) is 15.7. The van der Waals surface area contributed by atoms with Crippen molar-refractivity contribution >= 4 is 16.5 Å². The van der Waals surface area contributed by atoms with Crippen LogP contribution in [0.3, 0.4) is 0 Å². The third kappa shape index (κ3) is 2.10. The van der Waals surface area contributed by atoms with Crippen LogP contribution in [0.4, 0.5) is 5.69 Å². The number of fused-ring (bicyclic) bond motifs is 6. The molecule has 0 unspecified atom stereocenters. The average Bonchev–Trinajstić information content (AvgIpc) is 3.37. The predicted molar refractivity (Wildman–Crippen MR) is 109 cm³/mol. The number of anilines is 1. The number of allylic oxidation sites excluding steroid dienone is 2. The van der Waals surface area contributed by atoms with Crippen molar-refractivity contribution in [3.05, 3.63) is 59.7 Å². The summed E-state index contributed by atoms with van der Waals surface area (Å²) in [5.41, 5.74) is 3.80. The lowest BCUT2D eigenvalue weighted by Crippen LogP contribution is -2.22. The molecule has 1 heterocycles. The number of nitrogens with zero attached hydrogens (tertiary/aromatic N) is 2. The smallest absolute Gasteiger partial charge is 0.202 e. The molecule has 0 saturated carbocycles. The summed E-state index contributed by atoms with van der Waals surface area (Å²) in [5.74, 6) is 0.803. The summed E-state index contributed by atoms with van der Waals surface area (Å²) in [6.07, 6.45) is 5.27. The van der Waals surface area contributed by atoms with Gasteiger partial charge in [-0.3, -0.25) is 4.57 Å². The SMILES string of the molecule is CCN(CC)c1ccc(-n2c(O)c3c(c2O)[C@H]2C=C[C@@H]3C2)c2ccccc12. The van der Waals surface area contributed by atoms with E-state index in [9.17, 15) is 10.2 Å². The Balaban J connectivity index is 1.76. The Hall–Kier alpha value is -2.88. The minimum absolute atomic E-state index is 0.181. The largest absolute Gasteiger partial charge is 0.494 e. The Morgan fingerprint density at radius 1 is 0.889 bits per heavy atom. The molecule has 5 rings (SSSR count). The van der Waals surface area contributed by atoms with Gasteiger partial charge in [0.15, 0.2) is 0 Å². The first kappa shape index (κ1) is 16.3. The van der Waals surface area contributed by atoms with Crippen molar-refractivity contribution in [2.24, 2.45) is 0 Å². The quantitative estimate of drug-likeness (QED) is 0.642. The summed E-state index contributed by atoms with van der Waals surface area (Å²) in [5, 5.41) is 24.2. The van der Waals surface area contributed by atoms with E-state index in [4.69, 9.17) is 0 Å². The molecule has 0 spiro atoms. The molecule has 3 aromatic rings. The number of hydrogen-bond donors (Lipinski definition) is 2. The molecule has 2 atom stereocenters. The monoisotopic (exact) mass is 360 g/mol. The first-order chi connectivity index (χ1) is 13.2. The maximum Gasteiger partial charge on any atom is 0.202 e. The van der Waals surface area contributed by atoms with Crippen LogP contribution in [0, 0.1) is 0 Å². The van der Waals surface area contributed by atoms with Crippen molar-refractivity contribution in [2.75, 3.05) is 18.0 Å². The first-order valence-corrected chi connectivity index (χ1v) is 9.77. The summed E-state index contributed by atoms with van der Waals surface area (Å²) in [7, 11) is 0. The molecule has 4 nitrogen and oxygen atoms in total. The lowest BCUT2D eigenvalue weighted by atomic mass is 10.0. The van der Waals surface area contributed by atoms with Crippen LogP contribution in [-0.2, 0) is 0 Å². The van der Waals surface area contributed by atoms with Gasteiger partial charge in [-0.25, -0.2) is 0 Å². The van der Waals surface area contributed by atoms with E-state index >= 15 is 0 Å². The summed E-state index contributed by atoms with van der Waals surface area (Å²) < 4.78 is 1.63. The normalized spacial score (nSPS) is 19.8. The maximum atomic E-state index is 11.0. The van der Waals surface area contributed by atoms with Crippen LogP contribution in [0.1, 0.15) is 43.2 Å². The van der Waals surface area contributed by atoms with Crippen molar-refractivity contribution in [1.29, 1.82) is 0 Å². The molecule has 27 heavy (non-hydrogen) atoms. The third-order valence-corrected chi connectivity index (χ3v) is 6.24. The van der Waals surface area contributed by atoms with Crippen molar-refractivity contribution in [1.82, 2.24) is 4.57 Å². The van der Waals surface area contributed by atoms with Gasteiger partial charge in [0.05, 0.1) is 5.69 Å². The summed E-state index contributed by atoms with van der Waals surface area (Å²) >= 11 is 0. The number of aromatic hydroxyl groups is 2. The van der Waals surface area contributed by atoms with Gasteiger partial charge in [-0.05, 0) is 32.4 Å². The molecule has 0 aliphatic heterocycles. The molecule has 0 amide bonds. The molecule has 2 N–H and O–H groups in total. The highest BCUT2D eigenvalue weighted by molar-refractivity contribution is 6.00. The van der Waals surface area contributed by atoms with Gasteiger partial charge in [0.1, 0.15) is 0 Å². The first-order valence-electron chi connectivity index (χ1n) is 9.77. The van der Waals surface area contributed by atoms with Gasteiger partial charge in [0, 0.05) is 52.5 Å². The van der Waals surface area contributed by atoms with Gasteiger partial charge >= 0.3 is 0 Å². The van der Waals surface area contributed by atoms with E-state index in [2.05, 4.69) is 49.1 Å². The van der Waals surface area contributed by atoms with Crippen LogP contribution in [0.2, 0.25) is 0 Å². The van der Waals surface area contributed by atoms with Crippen molar-refractivity contribution in [3.63, 3.8) is 0 Å². The van der Waals surface area contributed by atoms with Crippen LogP contribution in [0.15, 0.2) is 48.6 Å². The highest BCUT2D eigenvalue weighted by atomic mass is 16.3. The second-order valence-electron chi connectivity index (χ2n) is 7.47. The lowest BCUT2D eigenvalue weighted by molar-refractivity contribution is 0.396. The average molecular weight is 360 g/mol. The molecule has 0 fully saturated rings. The highest BCUT2D eigenvalue weighted by Crippen LogP contribution is 2.57. The van der Waals surface area contributed by atoms with Crippen molar-refractivity contribution < 1.29 is 10.2 Å². The molecular formula is C23H24N2O2. The molecule has 1 aromatic heterocycles. The van der Waals surface area contributed by atoms with E-state index in [1.165, 1.54) is 5.69 Å². The van der Waals surface area contributed by atoms with Crippen LogP contribution in [-0.4, -0.2) is 27.9 Å². The Morgan fingerprint density at radius 2 is 1.48 bits per heavy atom. The fourth-order valence-corrected chi connectivity index (χ4v) is 4.97. The number of hydrogen-bond acceptors (Lipinski definition) is 3. The lowest BCUT2D eigenvalue weighted by Gasteiger charge is -2.24. The van der Waals surface area contributed by atoms with Gasteiger partial charge in [0.2, 0.25) is 11.8 Å². The Morgan fingerprint density at radius 3 is 2.07 bits per heavy atom. The third-order valence-electron chi connectivity index (χ3n) is 6.24. The number of benzene rings is 2. The predicted octanol–water partition coefficient (Wildman–Crippen LogP) is 5.03. The molecule has 138 valence electrons. The van der Waals surface area contributed by atoms with Gasteiger partial charge in [-0.1, -0.05) is 36.4 Å². The van der Waals surface area contributed by atoms with Gasteiger partial charge < -0.3 is 15.1 Å². The molecule has 0 saturated heterocycles. The Bertz CT molecular complexity index is 1040. The van der Waals surface area contributed by atoms with Crippen LogP contribution in [0.5, 0.6) is 11.8 Å². The molecule has 0 radical (unpaired) electrons. The number of rotatable bonds is 4. The highest BCUT2D eigenvalue weighted by Gasteiger charge is 2.41.